The first kappa shape index (κ1) is 19.9. The predicted octanol–water partition coefficient (Wildman–Crippen LogP) is 3.40. The molecule has 0 spiro atoms. The van der Waals surface area contributed by atoms with Gasteiger partial charge in [-0.05, 0) is 29.8 Å². The lowest BCUT2D eigenvalue weighted by Gasteiger charge is -2.27. The third-order valence-electron chi connectivity index (χ3n) is 5.32. The third kappa shape index (κ3) is 4.22. The third-order valence-corrected chi connectivity index (χ3v) is 5.32. The molecule has 0 atom stereocenters. The maximum Gasteiger partial charge on any atom is 0.227 e. The monoisotopic (exact) mass is 429 g/mol. The molecule has 0 radical (unpaired) electrons. The van der Waals surface area contributed by atoms with Crippen LogP contribution in [0.15, 0.2) is 54.6 Å². The van der Waals surface area contributed by atoms with Crippen LogP contribution in [0.5, 0.6) is 0 Å². The molecule has 5 rings (SSSR count). The normalized spacial score (nSPS) is 14.0. The SMILES string of the molecule is O=C1CCN(c2nc(NCc3ccccc3)nc3nnc(-c4ccc(F)cc4)nc23)CC1. The lowest BCUT2D eigenvalue weighted by molar-refractivity contribution is -0.119. The highest BCUT2D eigenvalue weighted by atomic mass is 19.1. The van der Waals surface area contributed by atoms with Gasteiger partial charge in [0.05, 0.1) is 0 Å². The predicted molar refractivity (Wildman–Crippen MR) is 119 cm³/mol. The fourth-order valence-corrected chi connectivity index (χ4v) is 3.59. The van der Waals surface area contributed by atoms with Crippen molar-refractivity contribution >= 4 is 28.7 Å². The van der Waals surface area contributed by atoms with Crippen LogP contribution in [0.3, 0.4) is 0 Å². The van der Waals surface area contributed by atoms with Gasteiger partial charge in [0, 0.05) is 38.0 Å². The fourth-order valence-electron chi connectivity index (χ4n) is 3.59. The molecule has 0 unspecified atom stereocenters. The van der Waals surface area contributed by atoms with Crippen LogP contribution in [0, 0.1) is 5.82 Å². The molecule has 0 amide bonds. The number of fused-ring (bicyclic) bond motifs is 1. The van der Waals surface area contributed by atoms with Crippen LogP contribution >= 0.6 is 0 Å². The molecule has 2 aromatic heterocycles. The van der Waals surface area contributed by atoms with Crippen LogP contribution < -0.4 is 10.2 Å². The van der Waals surface area contributed by atoms with Gasteiger partial charge in [-0.3, -0.25) is 4.79 Å². The van der Waals surface area contributed by atoms with Crippen LogP contribution in [-0.4, -0.2) is 44.0 Å². The van der Waals surface area contributed by atoms with Gasteiger partial charge in [-0.1, -0.05) is 30.3 Å². The fraction of sp³-hybridized carbons (Fsp3) is 0.217. The molecule has 0 bridgehead atoms. The number of nitrogens with one attached hydrogen (secondary N) is 1. The summed E-state index contributed by atoms with van der Waals surface area (Å²) in [5, 5.41) is 11.7. The Morgan fingerprint density at radius 1 is 0.906 bits per heavy atom. The molecule has 4 aromatic rings. The van der Waals surface area contributed by atoms with Gasteiger partial charge in [0.15, 0.2) is 17.2 Å². The lowest BCUT2D eigenvalue weighted by Crippen LogP contribution is -2.34. The molecule has 1 fully saturated rings. The molecule has 0 saturated carbocycles. The van der Waals surface area contributed by atoms with E-state index in [4.69, 9.17) is 4.98 Å². The molecule has 160 valence electrons. The maximum atomic E-state index is 13.3. The highest BCUT2D eigenvalue weighted by Crippen LogP contribution is 2.27. The second-order valence-electron chi connectivity index (χ2n) is 7.55. The summed E-state index contributed by atoms with van der Waals surface area (Å²) in [6, 6.07) is 15.9. The minimum atomic E-state index is -0.335. The molecule has 0 aliphatic carbocycles. The summed E-state index contributed by atoms with van der Waals surface area (Å²) in [5.74, 6) is 1.29. The van der Waals surface area contributed by atoms with E-state index in [9.17, 15) is 9.18 Å². The van der Waals surface area contributed by atoms with Crippen molar-refractivity contribution in [3.8, 4) is 11.4 Å². The Kier molecular flexibility index (Phi) is 5.37. The van der Waals surface area contributed by atoms with Crippen molar-refractivity contribution in [3.05, 3.63) is 66.0 Å². The van der Waals surface area contributed by atoms with Crippen molar-refractivity contribution in [1.29, 1.82) is 0 Å². The Morgan fingerprint density at radius 2 is 1.66 bits per heavy atom. The number of rotatable bonds is 5. The van der Waals surface area contributed by atoms with E-state index in [1.807, 2.05) is 35.2 Å². The number of carbonyl (C=O) groups excluding carboxylic acids is 1. The zero-order valence-corrected chi connectivity index (χ0v) is 17.2. The van der Waals surface area contributed by atoms with Crippen LogP contribution in [-0.2, 0) is 11.3 Å². The molecule has 8 nitrogen and oxygen atoms in total. The number of anilines is 2. The molecule has 2 aromatic carbocycles. The van der Waals surface area contributed by atoms with E-state index in [1.54, 1.807) is 12.1 Å². The molecular weight excluding hydrogens is 409 g/mol. The van der Waals surface area contributed by atoms with E-state index in [0.29, 0.717) is 66.8 Å². The molecule has 3 heterocycles. The molecule has 1 N–H and O–H groups in total. The molecule has 1 aliphatic heterocycles. The number of aromatic nitrogens is 5. The van der Waals surface area contributed by atoms with Gasteiger partial charge in [-0.2, -0.15) is 9.97 Å². The number of ketones is 1. The quantitative estimate of drug-likeness (QED) is 0.516. The Morgan fingerprint density at radius 3 is 2.41 bits per heavy atom. The van der Waals surface area contributed by atoms with E-state index in [1.165, 1.54) is 12.1 Å². The van der Waals surface area contributed by atoms with E-state index in [-0.39, 0.29) is 11.6 Å². The number of hydrogen-bond donors (Lipinski definition) is 1. The molecule has 1 aliphatic rings. The lowest BCUT2D eigenvalue weighted by atomic mass is 10.1. The van der Waals surface area contributed by atoms with Crippen molar-refractivity contribution in [2.24, 2.45) is 0 Å². The summed E-state index contributed by atoms with van der Waals surface area (Å²) in [7, 11) is 0. The Balaban J connectivity index is 1.54. The highest BCUT2D eigenvalue weighted by Gasteiger charge is 2.22. The first-order chi connectivity index (χ1) is 15.7. The van der Waals surface area contributed by atoms with Gasteiger partial charge in [-0.15, -0.1) is 10.2 Å². The average Bonchev–Trinajstić information content (AvgIpc) is 2.84. The average molecular weight is 429 g/mol. The summed E-state index contributed by atoms with van der Waals surface area (Å²) in [6.07, 6.45) is 0.920. The van der Waals surface area contributed by atoms with Crippen LogP contribution in [0.1, 0.15) is 18.4 Å². The van der Waals surface area contributed by atoms with Crippen LogP contribution in [0.4, 0.5) is 16.2 Å². The summed E-state index contributed by atoms with van der Waals surface area (Å²) in [4.78, 5) is 27.7. The number of carbonyl (C=O) groups is 1. The number of nitrogens with zero attached hydrogens (tertiary/aromatic N) is 6. The standard InChI is InChI=1S/C23H20FN7O/c24-17-8-6-16(7-9-17)20-26-19-21(30-29-20)27-23(25-14-15-4-2-1-3-5-15)28-22(19)31-12-10-18(32)11-13-31/h1-9H,10-14H2,(H,25,27,28,30). The topological polar surface area (TPSA) is 96.8 Å². The summed E-state index contributed by atoms with van der Waals surface area (Å²) in [6.45, 7) is 1.66. The largest absolute Gasteiger partial charge is 0.354 e. The van der Waals surface area contributed by atoms with Gasteiger partial charge in [0.2, 0.25) is 11.6 Å². The first-order valence-corrected chi connectivity index (χ1v) is 10.4. The second-order valence-corrected chi connectivity index (χ2v) is 7.55. The summed E-state index contributed by atoms with van der Waals surface area (Å²) < 4.78 is 13.3. The molecule has 1 saturated heterocycles. The first-order valence-electron chi connectivity index (χ1n) is 10.4. The van der Waals surface area contributed by atoms with Crippen molar-refractivity contribution in [2.45, 2.75) is 19.4 Å². The van der Waals surface area contributed by atoms with E-state index in [2.05, 4.69) is 25.5 Å². The maximum absolute atomic E-state index is 13.3. The van der Waals surface area contributed by atoms with Crippen molar-refractivity contribution in [1.82, 2.24) is 25.1 Å². The van der Waals surface area contributed by atoms with E-state index < -0.39 is 0 Å². The Bertz CT molecular complexity index is 1250. The second kappa shape index (κ2) is 8.62. The Hall–Kier alpha value is -4.01. The number of Topliss-reactive ketones (excluding diaryl/α,β-unsaturated/α-hetero) is 1. The number of halogens is 1. The number of piperidine rings is 1. The molecular formula is C23H20FN7O. The Labute approximate surface area is 183 Å². The number of benzene rings is 2. The van der Waals surface area contributed by atoms with Gasteiger partial charge in [0.25, 0.3) is 0 Å². The van der Waals surface area contributed by atoms with Crippen molar-refractivity contribution < 1.29 is 9.18 Å². The number of hydrogen-bond acceptors (Lipinski definition) is 8. The molecule has 9 heteroatoms. The van der Waals surface area contributed by atoms with E-state index in [0.717, 1.165) is 5.56 Å². The minimum absolute atomic E-state index is 0.238. The summed E-state index contributed by atoms with van der Waals surface area (Å²) in [5.41, 5.74) is 2.59. The zero-order valence-electron chi connectivity index (χ0n) is 17.2. The highest BCUT2D eigenvalue weighted by molar-refractivity contribution is 5.87. The molecule has 32 heavy (non-hydrogen) atoms. The smallest absolute Gasteiger partial charge is 0.227 e. The van der Waals surface area contributed by atoms with Gasteiger partial charge in [0.1, 0.15) is 11.6 Å². The van der Waals surface area contributed by atoms with Crippen molar-refractivity contribution in [2.75, 3.05) is 23.3 Å². The van der Waals surface area contributed by atoms with Gasteiger partial charge in [-0.25, -0.2) is 9.37 Å². The van der Waals surface area contributed by atoms with E-state index >= 15 is 0 Å². The zero-order chi connectivity index (χ0) is 21.9. The summed E-state index contributed by atoms with van der Waals surface area (Å²) >= 11 is 0. The van der Waals surface area contributed by atoms with Crippen LogP contribution in [0.2, 0.25) is 0 Å². The van der Waals surface area contributed by atoms with Crippen molar-refractivity contribution in [3.63, 3.8) is 0 Å². The minimum Gasteiger partial charge on any atom is -0.354 e. The van der Waals surface area contributed by atoms with Crippen LogP contribution in [0.25, 0.3) is 22.6 Å². The van der Waals surface area contributed by atoms with Gasteiger partial charge >= 0.3 is 0 Å². The van der Waals surface area contributed by atoms with Gasteiger partial charge < -0.3 is 10.2 Å².